The van der Waals surface area contributed by atoms with Crippen molar-refractivity contribution in [1.29, 1.82) is 0 Å². The van der Waals surface area contributed by atoms with Crippen LogP contribution in [0.5, 0.6) is 0 Å². The van der Waals surface area contributed by atoms with E-state index < -0.39 is 30.6 Å². The summed E-state index contributed by atoms with van der Waals surface area (Å²) in [6.45, 7) is 3.12. The lowest BCUT2D eigenvalue weighted by molar-refractivity contribution is -0.304. The first kappa shape index (κ1) is 18.5. The second-order valence-electron chi connectivity index (χ2n) is 5.16. The molecular weight excluding hydrogens is 300 g/mol. The third-order valence-electron chi connectivity index (χ3n) is 3.39. The van der Waals surface area contributed by atoms with Crippen LogP contribution >= 0.6 is 0 Å². The molecule has 0 aliphatic carbocycles. The lowest BCUT2D eigenvalue weighted by atomic mass is 9.98. The van der Waals surface area contributed by atoms with Crippen LogP contribution in [0.25, 0.3) is 0 Å². The number of carbonyl (C=O) groups excluding carboxylic acids is 3. The van der Waals surface area contributed by atoms with Crippen LogP contribution in [-0.4, -0.2) is 30.6 Å². The Kier molecular flexibility index (Phi) is 7.59. The van der Waals surface area contributed by atoms with Crippen molar-refractivity contribution >= 4 is 18.0 Å². The zero-order valence-electron chi connectivity index (χ0n) is 13.2. The average molecular weight is 321 g/mol. The summed E-state index contributed by atoms with van der Waals surface area (Å²) in [6, 6.07) is 8.25. The van der Waals surface area contributed by atoms with Gasteiger partial charge in [0.2, 0.25) is 5.91 Å². The molecule has 0 aliphatic heterocycles. The van der Waals surface area contributed by atoms with Crippen LogP contribution in [0.2, 0.25) is 0 Å². The third kappa shape index (κ3) is 6.82. The molecule has 0 heterocycles. The molecule has 2 amide bonds. The number of alkyl carbamates (subject to hydrolysis) is 1. The maximum absolute atomic E-state index is 12.0. The molecule has 0 unspecified atom stereocenters. The number of hydrogen-bond acceptors (Lipinski definition) is 5. The molecule has 0 aromatic heterocycles. The molecule has 7 heteroatoms. The van der Waals surface area contributed by atoms with Crippen molar-refractivity contribution in [3.8, 4) is 0 Å². The van der Waals surface area contributed by atoms with E-state index >= 15 is 0 Å². The van der Waals surface area contributed by atoms with Gasteiger partial charge in [0, 0.05) is 0 Å². The van der Waals surface area contributed by atoms with Crippen molar-refractivity contribution in [2.24, 2.45) is 5.92 Å². The Morgan fingerprint density at radius 3 is 2.43 bits per heavy atom. The fourth-order valence-corrected chi connectivity index (χ4v) is 1.86. The number of aliphatic carboxylic acids is 1. The average Bonchev–Trinajstić information content (AvgIpc) is 2.55. The lowest BCUT2D eigenvalue weighted by Gasteiger charge is -2.23. The largest absolute Gasteiger partial charge is 0.548 e. The molecule has 23 heavy (non-hydrogen) atoms. The number of benzene rings is 1. The third-order valence-corrected chi connectivity index (χ3v) is 3.39. The van der Waals surface area contributed by atoms with Crippen molar-refractivity contribution in [3.05, 3.63) is 35.9 Å². The van der Waals surface area contributed by atoms with Gasteiger partial charge in [-0.15, -0.1) is 0 Å². The minimum absolute atomic E-state index is 0.0839. The van der Waals surface area contributed by atoms with Crippen LogP contribution in [0, 0.1) is 5.92 Å². The molecule has 7 nitrogen and oxygen atoms in total. The quantitative estimate of drug-likeness (QED) is 0.711. The monoisotopic (exact) mass is 321 g/mol. The standard InChI is InChI=1S/C16H22N2O5/c1-3-11(2)14(15(21)17-9-13(19)20)18-16(22)23-10-12-7-5-4-6-8-12/h4-8,11,14H,3,9-10H2,1-2H3,(H,17,21)(H,18,22)(H,19,20)/p-1/t11-,14+/m1/s1. The molecule has 126 valence electrons. The molecule has 0 radical (unpaired) electrons. The first-order valence-corrected chi connectivity index (χ1v) is 7.38. The highest BCUT2D eigenvalue weighted by atomic mass is 16.5. The van der Waals surface area contributed by atoms with E-state index in [1.807, 2.05) is 37.3 Å². The highest BCUT2D eigenvalue weighted by Gasteiger charge is 2.26. The van der Waals surface area contributed by atoms with Crippen LogP contribution in [0.15, 0.2) is 30.3 Å². The SMILES string of the molecule is CC[C@@H](C)[C@H](NC(=O)OCc1ccccc1)C(=O)NCC(=O)[O-]. The second kappa shape index (κ2) is 9.45. The minimum Gasteiger partial charge on any atom is -0.548 e. The highest BCUT2D eigenvalue weighted by Crippen LogP contribution is 2.09. The van der Waals surface area contributed by atoms with Crippen LogP contribution in [0.1, 0.15) is 25.8 Å². The summed E-state index contributed by atoms with van der Waals surface area (Å²) in [4.78, 5) is 34.2. The summed E-state index contributed by atoms with van der Waals surface area (Å²) >= 11 is 0. The summed E-state index contributed by atoms with van der Waals surface area (Å²) < 4.78 is 5.07. The maximum Gasteiger partial charge on any atom is 0.408 e. The van der Waals surface area contributed by atoms with Gasteiger partial charge in [-0.3, -0.25) is 4.79 Å². The number of hydrogen-bond donors (Lipinski definition) is 2. The Labute approximate surface area is 135 Å². The maximum atomic E-state index is 12.0. The summed E-state index contributed by atoms with van der Waals surface area (Å²) in [5.74, 6) is -2.16. The van der Waals surface area contributed by atoms with Gasteiger partial charge in [0.1, 0.15) is 12.6 Å². The summed E-state index contributed by atoms with van der Waals surface area (Å²) in [5, 5.41) is 15.1. The van der Waals surface area contributed by atoms with Gasteiger partial charge in [0.05, 0.1) is 12.5 Å². The molecule has 0 saturated heterocycles. The molecule has 2 N–H and O–H groups in total. The van der Waals surface area contributed by atoms with E-state index in [4.69, 9.17) is 4.74 Å². The number of carboxylic acid groups (broad SMARTS) is 1. The molecule has 0 spiro atoms. The van der Waals surface area contributed by atoms with Crippen molar-refractivity contribution in [1.82, 2.24) is 10.6 Å². The molecular formula is C16H21N2O5-. The predicted octanol–water partition coefficient (Wildman–Crippen LogP) is 0.194. The topological polar surface area (TPSA) is 108 Å². The Balaban J connectivity index is 2.56. The van der Waals surface area contributed by atoms with Gasteiger partial charge in [-0.2, -0.15) is 0 Å². The van der Waals surface area contributed by atoms with Gasteiger partial charge in [-0.1, -0.05) is 50.6 Å². The molecule has 1 aromatic carbocycles. The van der Waals surface area contributed by atoms with Crippen molar-refractivity contribution < 1.29 is 24.2 Å². The minimum atomic E-state index is -1.40. The normalized spacial score (nSPS) is 12.8. The number of carbonyl (C=O) groups is 3. The van der Waals surface area contributed by atoms with E-state index in [9.17, 15) is 19.5 Å². The summed E-state index contributed by atoms with van der Waals surface area (Å²) in [5.41, 5.74) is 0.823. The first-order chi connectivity index (χ1) is 10.9. The van der Waals surface area contributed by atoms with E-state index in [1.54, 1.807) is 6.92 Å². The fraction of sp³-hybridized carbons (Fsp3) is 0.438. The zero-order valence-corrected chi connectivity index (χ0v) is 13.2. The van der Waals surface area contributed by atoms with E-state index in [0.717, 1.165) is 5.56 Å². The number of carboxylic acids is 1. The Hall–Kier alpha value is -2.57. The van der Waals surface area contributed by atoms with E-state index in [1.165, 1.54) is 0 Å². The van der Waals surface area contributed by atoms with Crippen molar-refractivity contribution in [2.45, 2.75) is 32.9 Å². The van der Waals surface area contributed by atoms with Gasteiger partial charge in [-0.05, 0) is 11.5 Å². The number of nitrogens with one attached hydrogen (secondary N) is 2. The van der Waals surface area contributed by atoms with Crippen molar-refractivity contribution in [3.63, 3.8) is 0 Å². The molecule has 1 rings (SSSR count). The van der Waals surface area contributed by atoms with Gasteiger partial charge < -0.3 is 25.3 Å². The molecule has 0 aliphatic rings. The lowest BCUT2D eigenvalue weighted by Crippen LogP contribution is -2.52. The molecule has 2 atom stereocenters. The smallest absolute Gasteiger partial charge is 0.408 e. The van der Waals surface area contributed by atoms with Crippen LogP contribution in [0.3, 0.4) is 0 Å². The van der Waals surface area contributed by atoms with E-state index in [-0.39, 0.29) is 12.5 Å². The zero-order chi connectivity index (χ0) is 17.2. The van der Waals surface area contributed by atoms with Gasteiger partial charge >= 0.3 is 6.09 Å². The second-order valence-corrected chi connectivity index (χ2v) is 5.16. The van der Waals surface area contributed by atoms with E-state index in [0.29, 0.717) is 6.42 Å². The van der Waals surface area contributed by atoms with Crippen LogP contribution in [-0.2, 0) is 20.9 Å². The number of rotatable bonds is 8. The van der Waals surface area contributed by atoms with Crippen LogP contribution < -0.4 is 15.7 Å². The first-order valence-electron chi connectivity index (χ1n) is 7.38. The van der Waals surface area contributed by atoms with Crippen LogP contribution in [0.4, 0.5) is 4.79 Å². The molecule has 1 aromatic rings. The number of amides is 2. The Bertz CT molecular complexity index is 533. The number of ether oxygens (including phenoxy) is 1. The molecule has 0 bridgehead atoms. The Morgan fingerprint density at radius 1 is 1.22 bits per heavy atom. The van der Waals surface area contributed by atoms with Crippen molar-refractivity contribution in [2.75, 3.05) is 6.54 Å². The van der Waals surface area contributed by atoms with Gasteiger partial charge in [0.25, 0.3) is 0 Å². The fourth-order valence-electron chi connectivity index (χ4n) is 1.86. The van der Waals surface area contributed by atoms with Gasteiger partial charge in [-0.25, -0.2) is 4.79 Å². The summed E-state index contributed by atoms with van der Waals surface area (Å²) in [6.07, 6.45) is -0.106. The predicted molar refractivity (Wildman–Crippen MR) is 81.0 cm³/mol. The molecule has 0 fully saturated rings. The molecule has 0 saturated carbocycles. The van der Waals surface area contributed by atoms with E-state index in [2.05, 4.69) is 10.6 Å². The Morgan fingerprint density at radius 2 is 1.87 bits per heavy atom. The van der Waals surface area contributed by atoms with Gasteiger partial charge in [0.15, 0.2) is 0 Å². The highest BCUT2D eigenvalue weighted by molar-refractivity contribution is 5.87. The summed E-state index contributed by atoms with van der Waals surface area (Å²) in [7, 11) is 0.